The van der Waals surface area contributed by atoms with E-state index >= 15 is 0 Å². The highest BCUT2D eigenvalue weighted by molar-refractivity contribution is 7.94. The van der Waals surface area contributed by atoms with Crippen LogP contribution in [0.2, 0.25) is 0 Å². The molecule has 0 atom stereocenters. The summed E-state index contributed by atoms with van der Waals surface area (Å²) in [4.78, 5) is 4.36. The smallest absolute Gasteiger partial charge is 0.238 e. The van der Waals surface area contributed by atoms with Gasteiger partial charge in [-0.05, 0) is 56.2 Å². The van der Waals surface area contributed by atoms with E-state index in [1.54, 1.807) is 63.7 Å². The topological polar surface area (TPSA) is 86.8 Å². The van der Waals surface area contributed by atoms with E-state index in [1.807, 2.05) is 6.07 Å². The van der Waals surface area contributed by atoms with Gasteiger partial charge in [-0.2, -0.15) is 0 Å². The van der Waals surface area contributed by atoms with Crippen molar-refractivity contribution in [2.75, 3.05) is 18.9 Å². The summed E-state index contributed by atoms with van der Waals surface area (Å²) >= 11 is 0. The first-order chi connectivity index (χ1) is 13.8. The molecule has 0 aliphatic heterocycles. The summed E-state index contributed by atoms with van der Waals surface area (Å²) in [5.41, 5.74) is 1.22. The lowest BCUT2D eigenvalue weighted by atomic mass is 10.2. The molecule has 0 amide bonds. The molecule has 29 heavy (non-hydrogen) atoms. The fraction of sp³-hybridized carbons (Fsp3) is 0.286. The molecule has 0 saturated heterocycles. The van der Waals surface area contributed by atoms with Crippen LogP contribution < -0.4 is 18.9 Å². The maximum absolute atomic E-state index is 12.3. The number of hydrogen-bond donors (Lipinski definition) is 1. The molecule has 0 unspecified atom stereocenters. The van der Waals surface area contributed by atoms with Gasteiger partial charge in [-0.3, -0.25) is 9.71 Å². The van der Waals surface area contributed by atoms with E-state index < -0.39 is 14.8 Å². The SMILES string of the molecule is COc1cc2nccc(Oc3ccc(NS(=O)(=O)C4(C)CC4)cc3)c2cc1OC. The molecule has 1 aliphatic carbocycles. The van der Waals surface area contributed by atoms with E-state index in [4.69, 9.17) is 14.2 Å². The predicted octanol–water partition coefficient (Wildman–Crippen LogP) is 4.34. The molecule has 1 heterocycles. The Balaban J connectivity index is 1.58. The minimum absolute atomic E-state index is 0.511. The van der Waals surface area contributed by atoms with Crippen LogP contribution in [0.1, 0.15) is 19.8 Å². The van der Waals surface area contributed by atoms with Crippen LogP contribution in [-0.2, 0) is 10.0 Å². The fourth-order valence-corrected chi connectivity index (χ4v) is 4.31. The van der Waals surface area contributed by atoms with Gasteiger partial charge >= 0.3 is 0 Å². The largest absolute Gasteiger partial charge is 0.493 e. The lowest BCUT2D eigenvalue weighted by Gasteiger charge is -2.14. The third-order valence-electron chi connectivity index (χ3n) is 5.14. The van der Waals surface area contributed by atoms with Crippen molar-refractivity contribution in [1.82, 2.24) is 4.98 Å². The maximum atomic E-state index is 12.3. The number of benzene rings is 2. The molecule has 1 aromatic heterocycles. The van der Waals surface area contributed by atoms with Gasteiger partial charge in [0.25, 0.3) is 0 Å². The minimum atomic E-state index is -3.38. The number of aromatic nitrogens is 1. The normalized spacial score (nSPS) is 15.0. The van der Waals surface area contributed by atoms with Crippen LogP contribution in [0.5, 0.6) is 23.0 Å². The van der Waals surface area contributed by atoms with Gasteiger partial charge in [-0.25, -0.2) is 8.42 Å². The number of sulfonamides is 1. The number of nitrogens with zero attached hydrogens (tertiary/aromatic N) is 1. The molecule has 152 valence electrons. The molecule has 1 aliphatic rings. The number of pyridine rings is 1. The number of methoxy groups -OCH3 is 2. The molecule has 0 spiro atoms. The Kier molecular flexibility index (Phi) is 4.74. The summed E-state index contributed by atoms with van der Waals surface area (Å²) in [6, 6.07) is 12.2. The van der Waals surface area contributed by atoms with E-state index in [2.05, 4.69) is 9.71 Å². The van der Waals surface area contributed by atoms with Gasteiger partial charge in [-0.15, -0.1) is 0 Å². The van der Waals surface area contributed by atoms with Crippen LogP contribution in [0.25, 0.3) is 10.9 Å². The molecule has 1 fully saturated rings. The zero-order valence-electron chi connectivity index (χ0n) is 16.4. The molecule has 7 nitrogen and oxygen atoms in total. The van der Waals surface area contributed by atoms with Gasteiger partial charge in [0.1, 0.15) is 11.5 Å². The second-order valence-corrected chi connectivity index (χ2v) is 9.41. The van der Waals surface area contributed by atoms with Crippen LogP contribution in [0, 0.1) is 0 Å². The van der Waals surface area contributed by atoms with Gasteiger partial charge in [0, 0.05) is 23.3 Å². The number of hydrogen-bond acceptors (Lipinski definition) is 6. The maximum Gasteiger partial charge on any atom is 0.238 e. The van der Waals surface area contributed by atoms with Crippen LogP contribution in [0.15, 0.2) is 48.7 Å². The summed E-state index contributed by atoms with van der Waals surface area (Å²) in [6.45, 7) is 1.75. The van der Waals surface area contributed by atoms with Crippen LogP contribution >= 0.6 is 0 Å². The molecule has 0 radical (unpaired) electrons. The van der Waals surface area contributed by atoms with Gasteiger partial charge in [0.2, 0.25) is 10.0 Å². The Labute approximate surface area is 169 Å². The van der Waals surface area contributed by atoms with Crippen LogP contribution in [0.3, 0.4) is 0 Å². The zero-order chi connectivity index (χ0) is 20.6. The standard InChI is InChI=1S/C21H22N2O5S/c1-21(9-10-21)29(24,25)23-14-4-6-15(7-5-14)28-18-8-11-22-17-13-20(27-3)19(26-2)12-16(17)18/h4-8,11-13,23H,9-10H2,1-3H3. The van der Waals surface area contributed by atoms with Gasteiger partial charge in [0.05, 0.1) is 24.5 Å². The summed E-state index contributed by atoms with van der Waals surface area (Å²) in [5.74, 6) is 2.35. The number of fused-ring (bicyclic) bond motifs is 1. The highest BCUT2D eigenvalue weighted by Crippen LogP contribution is 2.43. The van der Waals surface area contributed by atoms with Crippen molar-refractivity contribution in [3.05, 3.63) is 48.7 Å². The lowest BCUT2D eigenvalue weighted by molar-refractivity contribution is 0.355. The van der Waals surface area contributed by atoms with Crippen molar-refractivity contribution < 1.29 is 22.6 Å². The minimum Gasteiger partial charge on any atom is -0.493 e. The monoisotopic (exact) mass is 414 g/mol. The highest BCUT2D eigenvalue weighted by atomic mass is 32.2. The third kappa shape index (κ3) is 3.67. The second kappa shape index (κ2) is 7.11. The first kappa shape index (κ1) is 19.3. The van der Waals surface area contributed by atoms with Crippen molar-refractivity contribution in [1.29, 1.82) is 0 Å². The van der Waals surface area contributed by atoms with Crippen LogP contribution in [0.4, 0.5) is 5.69 Å². The molecule has 8 heteroatoms. The first-order valence-corrected chi connectivity index (χ1v) is 10.6. The zero-order valence-corrected chi connectivity index (χ0v) is 17.2. The van der Waals surface area contributed by atoms with Gasteiger partial charge < -0.3 is 14.2 Å². The summed E-state index contributed by atoms with van der Waals surface area (Å²) in [6.07, 6.45) is 3.03. The Bertz CT molecular complexity index is 1160. The van der Waals surface area contributed by atoms with Crippen molar-refractivity contribution in [2.45, 2.75) is 24.5 Å². The third-order valence-corrected chi connectivity index (χ3v) is 7.35. The number of ether oxygens (including phenoxy) is 3. The van der Waals surface area contributed by atoms with E-state index in [1.165, 1.54) is 0 Å². The summed E-state index contributed by atoms with van der Waals surface area (Å²) in [5, 5.41) is 0.775. The Morgan fingerprint density at radius 1 is 0.966 bits per heavy atom. The lowest BCUT2D eigenvalue weighted by Crippen LogP contribution is -2.26. The second-order valence-electron chi connectivity index (χ2n) is 7.22. The Hall–Kier alpha value is -3.00. The van der Waals surface area contributed by atoms with Gasteiger partial charge in [0.15, 0.2) is 11.5 Å². The highest BCUT2D eigenvalue weighted by Gasteiger charge is 2.50. The number of rotatable bonds is 7. The van der Waals surface area contributed by atoms with Crippen LogP contribution in [-0.4, -0.2) is 32.4 Å². The summed E-state index contributed by atoms with van der Waals surface area (Å²) < 4.78 is 43.4. The number of nitrogens with one attached hydrogen (secondary N) is 1. The van der Waals surface area contributed by atoms with Crippen molar-refractivity contribution in [2.24, 2.45) is 0 Å². The van der Waals surface area contributed by atoms with Gasteiger partial charge in [-0.1, -0.05) is 0 Å². The Morgan fingerprint density at radius 3 is 2.24 bits per heavy atom. The van der Waals surface area contributed by atoms with Crippen molar-refractivity contribution in [3.8, 4) is 23.0 Å². The van der Waals surface area contributed by atoms with E-state index in [0.29, 0.717) is 47.0 Å². The Morgan fingerprint density at radius 2 is 1.62 bits per heavy atom. The molecule has 2 aromatic carbocycles. The molecule has 3 aromatic rings. The van der Waals surface area contributed by atoms with Crippen molar-refractivity contribution in [3.63, 3.8) is 0 Å². The quantitative estimate of drug-likeness (QED) is 0.619. The number of anilines is 1. The average Bonchev–Trinajstić information content (AvgIpc) is 3.48. The molecule has 1 N–H and O–H groups in total. The predicted molar refractivity (Wildman–Crippen MR) is 112 cm³/mol. The molecule has 1 saturated carbocycles. The van der Waals surface area contributed by atoms with E-state index in [0.717, 1.165) is 5.39 Å². The average molecular weight is 414 g/mol. The molecular weight excluding hydrogens is 392 g/mol. The molecule has 4 rings (SSSR count). The van der Waals surface area contributed by atoms with Crippen molar-refractivity contribution >= 4 is 26.6 Å². The fourth-order valence-electron chi connectivity index (χ4n) is 2.98. The first-order valence-electron chi connectivity index (χ1n) is 9.16. The molecular formula is C21H22N2O5S. The van der Waals surface area contributed by atoms with E-state index in [-0.39, 0.29) is 0 Å². The van der Waals surface area contributed by atoms with E-state index in [9.17, 15) is 8.42 Å². The summed E-state index contributed by atoms with van der Waals surface area (Å²) in [7, 11) is -0.235. The molecule has 0 bridgehead atoms.